The van der Waals surface area contributed by atoms with Crippen LogP contribution in [0.3, 0.4) is 0 Å². The van der Waals surface area contributed by atoms with Crippen molar-refractivity contribution in [1.29, 1.82) is 0 Å². The summed E-state index contributed by atoms with van der Waals surface area (Å²) in [5, 5.41) is 0. The minimum atomic E-state index is 0.330. The Hall–Kier alpha value is -2.56. The van der Waals surface area contributed by atoms with Gasteiger partial charge in [0, 0.05) is 23.9 Å². The molecule has 3 rings (SSSR count). The van der Waals surface area contributed by atoms with Crippen molar-refractivity contribution in [3.05, 3.63) is 47.9 Å². The summed E-state index contributed by atoms with van der Waals surface area (Å²) < 4.78 is 7.96. The zero-order valence-corrected chi connectivity index (χ0v) is 13.8. The first-order chi connectivity index (χ1) is 11.0. The van der Waals surface area contributed by atoms with E-state index in [-0.39, 0.29) is 0 Å². The topological polar surface area (TPSA) is 66.0 Å². The normalized spacial score (nSPS) is 11.3. The number of nitrogens with zero attached hydrogens (tertiary/aromatic N) is 3. The van der Waals surface area contributed by atoms with E-state index in [9.17, 15) is 0 Å². The molecule has 0 fully saturated rings. The minimum Gasteiger partial charge on any atom is -0.492 e. The Morgan fingerprint density at radius 2 is 2.09 bits per heavy atom. The molecule has 3 aromatic rings. The molecule has 0 aliphatic carbocycles. The van der Waals surface area contributed by atoms with Crippen molar-refractivity contribution in [1.82, 2.24) is 14.5 Å². The zero-order valence-electron chi connectivity index (χ0n) is 13.8. The standard InChI is InChI=1S/C18H22N4O/c1-12(2)17-21-16-9-13(3)11-20-18(16)22(17)7-8-23-15-6-4-5-14(19)10-15/h4-6,9-12H,7-8,19H2,1-3H3. The number of ether oxygens (including phenoxy) is 1. The van der Waals surface area contributed by atoms with E-state index >= 15 is 0 Å². The minimum absolute atomic E-state index is 0.330. The molecular formula is C18H22N4O. The maximum Gasteiger partial charge on any atom is 0.160 e. The molecule has 0 saturated carbocycles. The maximum atomic E-state index is 5.81. The third-order valence-corrected chi connectivity index (χ3v) is 3.71. The van der Waals surface area contributed by atoms with Crippen LogP contribution in [0.15, 0.2) is 36.5 Å². The largest absolute Gasteiger partial charge is 0.492 e. The fourth-order valence-corrected chi connectivity index (χ4v) is 2.65. The fraction of sp³-hybridized carbons (Fsp3) is 0.333. The van der Waals surface area contributed by atoms with Crippen LogP contribution >= 0.6 is 0 Å². The summed E-state index contributed by atoms with van der Waals surface area (Å²) in [4.78, 5) is 9.29. The van der Waals surface area contributed by atoms with Gasteiger partial charge in [0.25, 0.3) is 0 Å². The van der Waals surface area contributed by atoms with E-state index in [2.05, 4.69) is 29.5 Å². The highest BCUT2D eigenvalue weighted by Crippen LogP contribution is 2.21. The average molecular weight is 310 g/mol. The summed E-state index contributed by atoms with van der Waals surface area (Å²) in [6.07, 6.45) is 1.88. The molecule has 2 aromatic heterocycles. The first kappa shape index (κ1) is 15.3. The van der Waals surface area contributed by atoms with Gasteiger partial charge in [-0.25, -0.2) is 9.97 Å². The van der Waals surface area contributed by atoms with Crippen LogP contribution in [0.2, 0.25) is 0 Å². The number of imidazole rings is 1. The number of nitrogen functional groups attached to an aromatic ring is 1. The van der Waals surface area contributed by atoms with Crippen LogP contribution in [-0.2, 0) is 6.54 Å². The van der Waals surface area contributed by atoms with Crippen LogP contribution in [0, 0.1) is 6.92 Å². The molecule has 2 N–H and O–H groups in total. The third-order valence-electron chi connectivity index (χ3n) is 3.71. The first-order valence-electron chi connectivity index (χ1n) is 7.85. The van der Waals surface area contributed by atoms with E-state index in [1.807, 2.05) is 37.4 Å². The van der Waals surface area contributed by atoms with Gasteiger partial charge < -0.3 is 15.0 Å². The molecule has 5 nitrogen and oxygen atoms in total. The Balaban J connectivity index is 1.82. The van der Waals surface area contributed by atoms with Gasteiger partial charge in [-0.15, -0.1) is 0 Å². The molecule has 0 spiro atoms. The molecule has 2 heterocycles. The molecule has 0 bridgehead atoms. The molecule has 0 amide bonds. The Kier molecular flexibility index (Phi) is 4.19. The second-order valence-electron chi connectivity index (χ2n) is 6.05. The van der Waals surface area contributed by atoms with Crippen molar-refractivity contribution < 1.29 is 4.74 Å². The van der Waals surface area contributed by atoms with E-state index in [1.54, 1.807) is 0 Å². The van der Waals surface area contributed by atoms with Gasteiger partial charge in [-0.05, 0) is 30.7 Å². The zero-order chi connectivity index (χ0) is 16.4. The van der Waals surface area contributed by atoms with Gasteiger partial charge in [0.15, 0.2) is 5.65 Å². The molecule has 0 aliphatic rings. The molecule has 1 aromatic carbocycles. The van der Waals surface area contributed by atoms with Gasteiger partial charge in [-0.1, -0.05) is 19.9 Å². The number of pyridine rings is 1. The molecule has 5 heteroatoms. The number of hydrogen-bond donors (Lipinski definition) is 1. The van der Waals surface area contributed by atoms with Gasteiger partial charge in [0.2, 0.25) is 0 Å². The van der Waals surface area contributed by atoms with Crippen molar-refractivity contribution in [3.63, 3.8) is 0 Å². The second-order valence-corrected chi connectivity index (χ2v) is 6.05. The monoisotopic (exact) mass is 310 g/mol. The summed E-state index contributed by atoms with van der Waals surface area (Å²) in [6, 6.07) is 9.55. The van der Waals surface area contributed by atoms with Gasteiger partial charge in [-0.3, -0.25) is 0 Å². The van der Waals surface area contributed by atoms with Gasteiger partial charge in [0.1, 0.15) is 23.7 Å². The summed E-state index contributed by atoms with van der Waals surface area (Å²) in [7, 11) is 0. The van der Waals surface area contributed by atoms with Crippen molar-refractivity contribution >= 4 is 16.9 Å². The van der Waals surface area contributed by atoms with E-state index < -0.39 is 0 Å². The predicted molar refractivity (Wildman–Crippen MR) is 92.7 cm³/mol. The Bertz CT molecular complexity index is 823. The highest BCUT2D eigenvalue weighted by molar-refractivity contribution is 5.72. The van der Waals surface area contributed by atoms with Crippen LogP contribution in [0.4, 0.5) is 5.69 Å². The fourth-order valence-electron chi connectivity index (χ4n) is 2.65. The molecular weight excluding hydrogens is 288 g/mol. The lowest BCUT2D eigenvalue weighted by molar-refractivity contribution is 0.297. The summed E-state index contributed by atoms with van der Waals surface area (Å²) >= 11 is 0. The molecule has 0 radical (unpaired) electrons. The van der Waals surface area contributed by atoms with Crippen molar-refractivity contribution in [2.45, 2.75) is 33.2 Å². The number of rotatable bonds is 5. The SMILES string of the molecule is Cc1cnc2c(c1)nc(C(C)C)n2CCOc1cccc(N)c1. The number of fused-ring (bicyclic) bond motifs is 1. The second kappa shape index (κ2) is 6.28. The van der Waals surface area contributed by atoms with Gasteiger partial charge in [-0.2, -0.15) is 0 Å². The van der Waals surface area contributed by atoms with Gasteiger partial charge in [0.05, 0.1) is 6.54 Å². The Morgan fingerprint density at radius 1 is 1.26 bits per heavy atom. The van der Waals surface area contributed by atoms with Gasteiger partial charge >= 0.3 is 0 Å². The Labute approximate surface area is 136 Å². The van der Waals surface area contributed by atoms with Crippen LogP contribution in [0.1, 0.15) is 31.2 Å². The lowest BCUT2D eigenvalue weighted by Gasteiger charge is -2.12. The van der Waals surface area contributed by atoms with Crippen LogP contribution in [0.25, 0.3) is 11.2 Å². The predicted octanol–water partition coefficient (Wildman–Crippen LogP) is 3.52. The maximum absolute atomic E-state index is 5.81. The highest BCUT2D eigenvalue weighted by Gasteiger charge is 2.14. The van der Waals surface area contributed by atoms with E-state index in [4.69, 9.17) is 15.5 Å². The first-order valence-corrected chi connectivity index (χ1v) is 7.85. The lowest BCUT2D eigenvalue weighted by Crippen LogP contribution is -2.12. The highest BCUT2D eigenvalue weighted by atomic mass is 16.5. The molecule has 0 unspecified atom stereocenters. The van der Waals surface area contributed by atoms with Crippen molar-refractivity contribution in [2.75, 3.05) is 12.3 Å². The molecule has 0 aliphatic heterocycles. The van der Waals surface area contributed by atoms with E-state index in [0.717, 1.165) is 28.3 Å². The number of benzene rings is 1. The number of anilines is 1. The number of nitrogens with two attached hydrogens (primary N) is 1. The van der Waals surface area contributed by atoms with E-state index in [1.165, 1.54) is 0 Å². The molecule has 0 atom stereocenters. The van der Waals surface area contributed by atoms with Crippen LogP contribution in [-0.4, -0.2) is 21.1 Å². The molecule has 120 valence electrons. The lowest BCUT2D eigenvalue weighted by atomic mass is 10.2. The number of aryl methyl sites for hydroxylation is 1. The average Bonchev–Trinajstić information content (AvgIpc) is 2.85. The molecule has 23 heavy (non-hydrogen) atoms. The summed E-state index contributed by atoms with van der Waals surface area (Å²) in [6.45, 7) is 7.56. The third kappa shape index (κ3) is 3.28. The van der Waals surface area contributed by atoms with E-state index in [0.29, 0.717) is 24.8 Å². The number of hydrogen-bond acceptors (Lipinski definition) is 4. The van der Waals surface area contributed by atoms with Crippen LogP contribution in [0.5, 0.6) is 5.75 Å². The smallest absolute Gasteiger partial charge is 0.160 e. The summed E-state index contributed by atoms with van der Waals surface area (Å²) in [5.41, 5.74) is 9.45. The van der Waals surface area contributed by atoms with Crippen molar-refractivity contribution in [3.8, 4) is 5.75 Å². The Morgan fingerprint density at radius 3 is 2.83 bits per heavy atom. The van der Waals surface area contributed by atoms with Crippen molar-refractivity contribution in [2.24, 2.45) is 0 Å². The quantitative estimate of drug-likeness (QED) is 0.732. The molecule has 0 saturated heterocycles. The number of aromatic nitrogens is 3. The van der Waals surface area contributed by atoms with Crippen LogP contribution < -0.4 is 10.5 Å². The summed E-state index contributed by atoms with van der Waals surface area (Å²) in [5.74, 6) is 2.15.